The fourth-order valence-electron chi connectivity index (χ4n) is 3.19. The lowest BCUT2D eigenvalue weighted by Crippen LogP contribution is -2.45. The van der Waals surface area contributed by atoms with Gasteiger partial charge in [-0.2, -0.15) is 0 Å². The monoisotopic (exact) mass is 269 g/mol. The third-order valence-corrected chi connectivity index (χ3v) is 4.10. The number of hydrogen-bond acceptors (Lipinski definition) is 6. The summed E-state index contributed by atoms with van der Waals surface area (Å²) in [6.07, 6.45) is 1.68. The lowest BCUT2D eigenvalue weighted by atomic mass is 9.77. The number of fused-ring (bicyclic) bond motifs is 5. The number of carbonyl (C=O) groups is 2. The number of aliphatic hydroxyl groups is 3. The number of amides is 2. The third-order valence-electron chi connectivity index (χ3n) is 4.10. The summed E-state index contributed by atoms with van der Waals surface area (Å²) in [7, 11) is 0. The molecule has 3 aliphatic rings. The van der Waals surface area contributed by atoms with E-state index in [-0.39, 0.29) is 13.2 Å². The minimum absolute atomic E-state index is 0.227. The van der Waals surface area contributed by atoms with Crippen molar-refractivity contribution < 1.29 is 29.6 Å². The second-order valence-corrected chi connectivity index (χ2v) is 5.18. The fraction of sp³-hybridized carbons (Fsp3) is 0.667. The molecule has 19 heavy (non-hydrogen) atoms. The van der Waals surface area contributed by atoms with Crippen molar-refractivity contribution in [2.24, 2.45) is 11.8 Å². The number of rotatable bonds is 4. The molecule has 3 heterocycles. The molecule has 2 saturated heterocycles. The molecule has 3 N–H and O–H groups in total. The normalized spacial score (nSPS) is 41.2. The number of ether oxygens (including phenoxy) is 1. The maximum absolute atomic E-state index is 12.3. The highest BCUT2D eigenvalue weighted by atomic mass is 16.5. The molecule has 0 spiro atoms. The van der Waals surface area contributed by atoms with E-state index >= 15 is 0 Å². The molecule has 5 atom stereocenters. The molecular formula is C12H15NO6. The molecule has 5 unspecified atom stereocenters. The summed E-state index contributed by atoms with van der Waals surface area (Å²) in [5, 5.41) is 27.7. The lowest BCUT2D eigenvalue weighted by molar-refractivity contribution is -0.147. The second-order valence-electron chi connectivity index (χ2n) is 5.18. The van der Waals surface area contributed by atoms with Gasteiger partial charge in [-0.15, -0.1) is 0 Å². The number of aliphatic hydroxyl groups excluding tert-OH is 3. The van der Waals surface area contributed by atoms with Crippen LogP contribution in [0.5, 0.6) is 0 Å². The third kappa shape index (κ3) is 1.53. The van der Waals surface area contributed by atoms with Crippen LogP contribution in [-0.2, 0) is 14.3 Å². The van der Waals surface area contributed by atoms with Gasteiger partial charge >= 0.3 is 0 Å². The largest absolute Gasteiger partial charge is 0.394 e. The highest BCUT2D eigenvalue weighted by Crippen LogP contribution is 2.51. The van der Waals surface area contributed by atoms with E-state index in [1.165, 1.54) is 0 Å². The number of imide groups is 1. The van der Waals surface area contributed by atoms with Gasteiger partial charge in [-0.1, -0.05) is 12.2 Å². The van der Waals surface area contributed by atoms with E-state index in [4.69, 9.17) is 9.84 Å². The van der Waals surface area contributed by atoms with Crippen LogP contribution in [0.1, 0.15) is 0 Å². The topological polar surface area (TPSA) is 107 Å². The second kappa shape index (κ2) is 4.11. The van der Waals surface area contributed by atoms with Crippen molar-refractivity contribution in [1.82, 2.24) is 4.90 Å². The zero-order chi connectivity index (χ0) is 13.8. The molecule has 2 fully saturated rings. The molecule has 0 aromatic carbocycles. The Balaban J connectivity index is 1.89. The lowest BCUT2D eigenvalue weighted by Gasteiger charge is -2.26. The van der Waals surface area contributed by atoms with E-state index in [1.54, 1.807) is 12.2 Å². The number of β-amino-alcohol motifs (C(OH)–C–C–N with tert-alkyl or cyclic N) is 1. The molecule has 3 rings (SSSR count). The van der Waals surface area contributed by atoms with Gasteiger partial charge in [0.05, 0.1) is 43.8 Å². The van der Waals surface area contributed by atoms with E-state index in [0.29, 0.717) is 0 Å². The summed E-state index contributed by atoms with van der Waals surface area (Å²) in [6.45, 7) is -1.11. The predicted molar refractivity (Wildman–Crippen MR) is 60.6 cm³/mol. The van der Waals surface area contributed by atoms with Crippen molar-refractivity contribution in [3.8, 4) is 0 Å². The molecule has 7 heteroatoms. The molecule has 7 nitrogen and oxygen atoms in total. The van der Waals surface area contributed by atoms with Crippen molar-refractivity contribution in [2.75, 3.05) is 19.8 Å². The first-order chi connectivity index (χ1) is 9.04. The maximum atomic E-state index is 12.3. The molecule has 0 saturated carbocycles. The SMILES string of the molecule is O=C1C2C3C=CC(CO)(O3)C2C(=O)N1CC(O)CO. The van der Waals surface area contributed by atoms with Crippen LogP contribution in [0.15, 0.2) is 12.2 Å². The zero-order valence-corrected chi connectivity index (χ0v) is 10.1. The summed E-state index contributed by atoms with van der Waals surface area (Å²) in [4.78, 5) is 25.5. The Kier molecular flexibility index (Phi) is 2.75. The van der Waals surface area contributed by atoms with Crippen LogP contribution >= 0.6 is 0 Å². The van der Waals surface area contributed by atoms with Crippen LogP contribution in [-0.4, -0.2) is 69.6 Å². The first-order valence-corrected chi connectivity index (χ1v) is 6.16. The van der Waals surface area contributed by atoms with Gasteiger partial charge in [0.2, 0.25) is 11.8 Å². The maximum Gasteiger partial charge on any atom is 0.236 e. The van der Waals surface area contributed by atoms with Gasteiger partial charge in [0.1, 0.15) is 5.60 Å². The van der Waals surface area contributed by atoms with E-state index in [0.717, 1.165) is 4.90 Å². The molecular weight excluding hydrogens is 254 g/mol. The summed E-state index contributed by atoms with van der Waals surface area (Å²) in [5.74, 6) is -2.22. The van der Waals surface area contributed by atoms with Gasteiger partial charge in [0.15, 0.2) is 0 Å². The minimum Gasteiger partial charge on any atom is -0.394 e. The molecule has 0 aromatic rings. The predicted octanol–water partition coefficient (Wildman–Crippen LogP) is -2.36. The first-order valence-electron chi connectivity index (χ1n) is 6.16. The first kappa shape index (κ1) is 12.7. The summed E-state index contributed by atoms with van der Waals surface area (Å²) < 4.78 is 5.56. The Morgan fingerprint density at radius 2 is 2.11 bits per heavy atom. The van der Waals surface area contributed by atoms with Crippen LogP contribution in [0, 0.1) is 11.8 Å². The molecule has 3 aliphatic heterocycles. The average Bonchev–Trinajstić information content (AvgIpc) is 3.05. The zero-order valence-electron chi connectivity index (χ0n) is 10.1. The Hall–Kier alpha value is -1.28. The average molecular weight is 269 g/mol. The Morgan fingerprint density at radius 1 is 1.37 bits per heavy atom. The van der Waals surface area contributed by atoms with Gasteiger partial charge < -0.3 is 20.1 Å². The van der Waals surface area contributed by atoms with Gasteiger partial charge in [-0.05, 0) is 0 Å². The molecule has 0 radical (unpaired) electrons. The van der Waals surface area contributed by atoms with Crippen LogP contribution in [0.2, 0.25) is 0 Å². The van der Waals surface area contributed by atoms with E-state index < -0.39 is 48.1 Å². The highest BCUT2D eigenvalue weighted by molar-refractivity contribution is 6.07. The number of carbonyl (C=O) groups excluding carboxylic acids is 2. The molecule has 104 valence electrons. The fourth-order valence-corrected chi connectivity index (χ4v) is 3.19. The smallest absolute Gasteiger partial charge is 0.236 e. The summed E-state index contributed by atoms with van der Waals surface area (Å²) >= 11 is 0. The Bertz CT molecular complexity index is 463. The van der Waals surface area contributed by atoms with E-state index in [2.05, 4.69) is 0 Å². The Morgan fingerprint density at radius 3 is 2.74 bits per heavy atom. The number of likely N-dealkylation sites (tertiary alicyclic amines) is 1. The van der Waals surface area contributed by atoms with Crippen molar-refractivity contribution in [1.29, 1.82) is 0 Å². The number of nitrogens with zero attached hydrogens (tertiary/aromatic N) is 1. The van der Waals surface area contributed by atoms with Gasteiger partial charge in [-0.25, -0.2) is 0 Å². The summed E-state index contributed by atoms with van der Waals surface area (Å²) in [5.41, 5.74) is -1.11. The standard InChI is InChI=1S/C12H15NO6/c14-4-6(16)3-13-10(17)8-7-1-2-12(5-15,19-7)9(8)11(13)18/h1-2,6-9,14-16H,3-5H2. The van der Waals surface area contributed by atoms with E-state index in [1.807, 2.05) is 0 Å². The van der Waals surface area contributed by atoms with E-state index in [9.17, 15) is 19.8 Å². The molecule has 2 amide bonds. The van der Waals surface area contributed by atoms with Gasteiger partial charge in [0.25, 0.3) is 0 Å². The number of hydrogen-bond donors (Lipinski definition) is 3. The van der Waals surface area contributed by atoms with Crippen molar-refractivity contribution in [3.63, 3.8) is 0 Å². The quantitative estimate of drug-likeness (QED) is 0.389. The molecule has 2 bridgehead atoms. The van der Waals surface area contributed by atoms with Crippen molar-refractivity contribution >= 4 is 11.8 Å². The van der Waals surface area contributed by atoms with Crippen molar-refractivity contribution in [3.05, 3.63) is 12.2 Å². The van der Waals surface area contributed by atoms with Crippen LogP contribution < -0.4 is 0 Å². The molecule has 0 aromatic heterocycles. The minimum atomic E-state index is -1.15. The van der Waals surface area contributed by atoms with Crippen molar-refractivity contribution in [2.45, 2.75) is 17.8 Å². The van der Waals surface area contributed by atoms with Crippen LogP contribution in [0.4, 0.5) is 0 Å². The summed E-state index contributed by atoms with van der Waals surface area (Å²) in [6, 6.07) is 0. The molecule has 0 aliphatic carbocycles. The van der Waals surface area contributed by atoms with Gasteiger partial charge in [0, 0.05) is 0 Å². The van der Waals surface area contributed by atoms with Crippen LogP contribution in [0.3, 0.4) is 0 Å². The van der Waals surface area contributed by atoms with Gasteiger partial charge in [-0.3, -0.25) is 14.5 Å². The highest BCUT2D eigenvalue weighted by Gasteiger charge is 2.67. The van der Waals surface area contributed by atoms with Crippen LogP contribution in [0.25, 0.3) is 0 Å². The Labute approximate surface area is 109 Å².